The Balaban J connectivity index is 1.73. The molecule has 1 saturated heterocycles. The first-order valence-electron chi connectivity index (χ1n) is 5.62. The highest BCUT2D eigenvalue weighted by Gasteiger charge is 2.26. The maximum atomic E-state index is 8.79. The van der Waals surface area contributed by atoms with Crippen LogP contribution in [0.5, 0.6) is 0 Å². The molecule has 1 heterocycles. The fourth-order valence-corrected chi connectivity index (χ4v) is 2.45. The van der Waals surface area contributed by atoms with E-state index in [4.69, 9.17) is 10.00 Å². The van der Waals surface area contributed by atoms with Crippen molar-refractivity contribution in [3.8, 4) is 6.07 Å². The van der Waals surface area contributed by atoms with E-state index >= 15 is 0 Å². The SMILES string of the molecule is N#CC1CCC(NC2CCOCC2)C1. The summed E-state index contributed by atoms with van der Waals surface area (Å²) in [6.07, 6.45) is 5.57. The molecule has 2 rings (SSSR count). The molecule has 0 aromatic heterocycles. The van der Waals surface area contributed by atoms with E-state index in [1.807, 2.05) is 0 Å². The minimum absolute atomic E-state index is 0.298. The number of rotatable bonds is 2. The van der Waals surface area contributed by atoms with Gasteiger partial charge in [-0.3, -0.25) is 0 Å². The number of hydrogen-bond acceptors (Lipinski definition) is 3. The van der Waals surface area contributed by atoms with E-state index in [9.17, 15) is 0 Å². The van der Waals surface area contributed by atoms with Crippen LogP contribution in [0.2, 0.25) is 0 Å². The lowest BCUT2D eigenvalue weighted by atomic mass is 10.1. The largest absolute Gasteiger partial charge is 0.381 e. The van der Waals surface area contributed by atoms with E-state index in [1.54, 1.807) is 0 Å². The molecule has 1 aliphatic carbocycles. The Morgan fingerprint density at radius 3 is 2.50 bits per heavy atom. The molecule has 0 aromatic rings. The van der Waals surface area contributed by atoms with E-state index in [-0.39, 0.29) is 0 Å². The van der Waals surface area contributed by atoms with Gasteiger partial charge in [-0.2, -0.15) is 5.26 Å². The second-order valence-corrected chi connectivity index (χ2v) is 4.39. The molecule has 0 spiro atoms. The van der Waals surface area contributed by atoms with Gasteiger partial charge in [0.25, 0.3) is 0 Å². The molecule has 78 valence electrons. The average Bonchev–Trinajstić information content (AvgIpc) is 2.67. The summed E-state index contributed by atoms with van der Waals surface area (Å²) in [6.45, 7) is 1.79. The molecule has 0 aromatic carbocycles. The highest BCUT2D eigenvalue weighted by Crippen LogP contribution is 2.25. The second-order valence-electron chi connectivity index (χ2n) is 4.39. The van der Waals surface area contributed by atoms with Gasteiger partial charge in [0.2, 0.25) is 0 Å². The summed E-state index contributed by atoms with van der Waals surface area (Å²) in [6, 6.07) is 3.58. The first kappa shape index (κ1) is 9.95. The summed E-state index contributed by atoms with van der Waals surface area (Å²) in [7, 11) is 0. The molecule has 0 amide bonds. The topological polar surface area (TPSA) is 45.0 Å². The number of nitrogens with zero attached hydrogens (tertiary/aromatic N) is 1. The Labute approximate surface area is 85.4 Å². The third kappa shape index (κ3) is 2.46. The molecule has 1 N–H and O–H groups in total. The van der Waals surface area contributed by atoms with Crippen molar-refractivity contribution in [2.45, 2.75) is 44.2 Å². The van der Waals surface area contributed by atoms with Crippen molar-refractivity contribution < 1.29 is 4.74 Å². The Hall–Kier alpha value is -0.590. The molecule has 0 radical (unpaired) electrons. The third-order valence-electron chi connectivity index (χ3n) is 3.31. The van der Waals surface area contributed by atoms with Crippen LogP contribution in [0.25, 0.3) is 0 Å². The van der Waals surface area contributed by atoms with Gasteiger partial charge in [-0.25, -0.2) is 0 Å². The summed E-state index contributed by atoms with van der Waals surface area (Å²) in [5.74, 6) is 0.298. The molecule has 2 aliphatic rings. The summed E-state index contributed by atoms with van der Waals surface area (Å²) >= 11 is 0. The lowest BCUT2D eigenvalue weighted by molar-refractivity contribution is 0.0750. The van der Waals surface area contributed by atoms with Crippen LogP contribution in [-0.4, -0.2) is 25.3 Å². The van der Waals surface area contributed by atoms with Crippen LogP contribution in [0, 0.1) is 17.2 Å². The normalized spacial score (nSPS) is 34.2. The lowest BCUT2D eigenvalue weighted by Crippen LogP contribution is -2.40. The van der Waals surface area contributed by atoms with Crippen molar-refractivity contribution in [1.82, 2.24) is 5.32 Å². The predicted molar refractivity (Wildman–Crippen MR) is 53.7 cm³/mol. The van der Waals surface area contributed by atoms with Crippen molar-refractivity contribution >= 4 is 0 Å². The van der Waals surface area contributed by atoms with E-state index in [0.29, 0.717) is 18.0 Å². The van der Waals surface area contributed by atoms with Crippen LogP contribution >= 0.6 is 0 Å². The maximum Gasteiger partial charge on any atom is 0.0656 e. The molecule has 1 saturated carbocycles. The van der Waals surface area contributed by atoms with Gasteiger partial charge in [0.05, 0.1) is 6.07 Å². The van der Waals surface area contributed by atoms with Gasteiger partial charge >= 0.3 is 0 Å². The summed E-state index contributed by atoms with van der Waals surface area (Å²) in [4.78, 5) is 0. The van der Waals surface area contributed by atoms with Crippen molar-refractivity contribution in [2.24, 2.45) is 5.92 Å². The molecule has 2 atom stereocenters. The number of hydrogen-bond donors (Lipinski definition) is 1. The molecular formula is C11H18N2O. The first-order chi connectivity index (χ1) is 6.88. The fourth-order valence-electron chi connectivity index (χ4n) is 2.45. The van der Waals surface area contributed by atoms with Crippen LogP contribution in [0.1, 0.15) is 32.1 Å². The number of ether oxygens (including phenoxy) is 1. The van der Waals surface area contributed by atoms with Gasteiger partial charge in [-0.15, -0.1) is 0 Å². The third-order valence-corrected chi connectivity index (χ3v) is 3.31. The molecular weight excluding hydrogens is 176 g/mol. The standard InChI is InChI=1S/C11H18N2O/c12-8-9-1-2-11(7-9)13-10-3-5-14-6-4-10/h9-11,13H,1-7H2. The van der Waals surface area contributed by atoms with Gasteiger partial charge in [-0.1, -0.05) is 0 Å². The van der Waals surface area contributed by atoms with E-state index in [0.717, 1.165) is 38.9 Å². The highest BCUT2D eigenvalue weighted by atomic mass is 16.5. The quantitative estimate of drug-likeness (QED) is 0.723. The van der Waals surface area contributed by atoms with Crippen LogP contribution in [0.4, 0.5) is 0 Å². The molecule has 3 nitrogen and oxygen atoms in total. The summed E-state index contributed by atoms with van der Waals surface area (Å²) in [5, 5.41) is 12.4. The minimum atomic E-state index is 0.298. The zero-order chi connectivity index (χ0) is 9.80. The van der Waals surface area contributed by atoms with Crippen molar-refractivity contribution in [3.63, 3.8) is 0 Å². The fraction of sp³-hybridized carbons (Fsp3) is 0.909. The predicted octanol–water partition coefficient (Wildman–Crippen LogP) is 1.45. The smallest absolute Gasteiger partial charge is 0.0656 e. The van der Waals surface area contributed by atoms with Gasteiger partial charge in [0.1, 0.15) is 0 Å². The Morgan fingerprint density at radius 1 is 1.07 bits per heavy atom. The zero-order valence-electron chi connectivity index (χ0n) is 8.54. The van der Waals surface area contributed by atoms with E-state index < -0.39 is 0 Å². The van der Waals surface area contributed by atoms with Crippen LogP contribution in [-0.2, 0) is 4.74 Å². The van der Waals surface area contributed by atoms with Gasteiger partial charge in [-0.05, 0) is 32.1 Å². The minimum Gasteiger partial charge on any atom is -0.381 e. The average molecular weight is 194 g/mol. The number of nitrogens with one attached hydrogen (secondary N) is 1. The summed E-state index contributed by atoms with van der Waals surface area (Å²) in [5.41, 5.74) is 0. The van der Waals surface area contributed by atoms with Gasteiger partial charge in [0.15, 0.2) is 0 Å². The Morgan fingerprint density at radius 2 is 1.86 bits per heavy atom. The first-order valence-corrected chi connectivity index (χ1v) is 5.62. The summed E-state index contributed by atoms with van der Waals surface area (Å²) < 4.78 is 5.31. The number of nitriles is 1. The Bertz CT molecular complexity index is 218. The zero-order valence-corrected chi connectivity index (χ0v) is 8.54. The maximum absolute atomic E-state index is 8.79. The van der Waals surface area contributed by atoms with Crippen molar-refractivity contribution in [1.29, 1.82) is 5.26 Å². The van der Waals surface area contributed by atoms with E-state index in [1.165, 1.54) is 6.42 Å². The molecule has 1 aliphatic heterocycles. The van der Waals surface area contributed by atoms with Gasteiger partial charge < -0.3 is 10.1 Å². The van der Waals surface area contributed by atoms with Crippen molar-refractivity contribution in [3.05, 3.63) is 0 Å². The Kier molecular flexibility index (Phi) is 3.39. The van der Waals surface area contributed by atoms with E-state index in [2.05, 4.69) is 11.4 Å². The van der Waals surface area contributed by atoms with Crippen molar-refractivity contribution in [2.75, 3.05) is 13.2 Å². The molecule has 14 heavy (non-hydrogen) atoms. The highest BCUT2D eigenvalue weighted by molar-refractivity contribution is 4.93. The molecule has 3 heteroatoms. The molecule has 0 bridgehead atoms. The van der Waals surface area contributed by atoms with Crippen LogP contribution in [0.3, 0.4) is 0 Å². The monoisotopic (exact) mass is 194 g/mol. The second kappa shape index (κ2) is 4.77. The molecule has 2 fully saturated rings. The lowest BCUT2D eigenvalue weighted by Gasteiger charge is -2.26. The van der Waals surface area contributed by atoms with Crippen LogP contribution in [0.15, 0.2) is 0 Å². The van der Waals surface area contributed by atoms with Gasteiger partial charge in [0, 0.05) is 31.2 Å². The molecule has 2 unspecified atom stereocenters. The van der Waals surface area contributed by atoms with Crippen LogP contribution < -0.4 is 5.32 Å².